The fourth-order valence-electron chi connectivity index (χ4n) is 3.18. The van der Waals surface area contributed by atoms with E-state index in [1.54, 1.807) is 16.0 Å². The first-order valence-corrected chi connectivity index (χ1v) is 11.1. The van der Waals surface area contributed by atoms with Crippen molar-refractivity contribution >= 4 is 21.4 Å². The van der Waals surface area contributed by atoms with Crippen LogP contribution in [0.25, 0.3) is 11.3 Å². The van der Waals surface area contributed by atoms with Gasteiger partial charge in [0, 0.05) is 43.3 Å². The quantitative estimate of drug-likeness (QED) is 0.632. The Labute approximate surface area is 165 Å². The number of hydrogen-bond acceptors (Lipinski definition) is 5. The van der Waals surface area contributed by atoms with Gasteiger partial charge in [-0.2, -0.15) is 20.7 Å². The van der Waals surface area contributed by atoms with Crippen LogP contribution in [0, 0.1) is 11.6 Å². The Kier molecular flexibility index (Phi) is 5.28. The van der Waals surface area contributed by atoms with Crippen LogP contribution in [0.4, 0.5) is 8.78 Å². The lowest BCUT2D eigenvalue weighted by atomic mass is 10.2. The smallest absolute Gasteiger partial charge is 0.249 e. The number of thiophene rings is 1. The average molecular weight is 424 g/mol. The predicted octanol–water partition coefficient (Wildman–Crippen LogP) is 2.85. The molecule has 1 aliphatic rings. The van der Waals surface area contributed by atoms with Crippen LogP contribution in [0.1, 0.15) is 0 Å². The van der Waals surface area contributed by atoms with E-state index in [0.717, 1.165) is 33.8 Å². The second kappa shape index (κ2) is 7.70. The van der Waals surface area contributed by atoms with E-state index in [4.69, 9.17) is 0 Å². The Balaban J connectivity index is 1.41. The van der Waals surface area contributed by atoms with E-state index in [1.165, 1.54) is 0 Å². The van der Waals surface area contributed by atoms with Crippen LogP contribution < -0.4 is 0 Å². The fraction of sp³-hybridized carbons (Fsp3) is 0.278. The second-order valence-corrected chi connectivity index (χ2v) is 9.12. The van der Waals surface area contributed by atoms with Gasteiger partial charge in [0.05, 0.1) is 12.4 Å². The van der Waals surface area contributed by atoms with Crippen LogP contribution >= 0.6 is 11.3 Å². The van der Waals surface area contributed by atoms with Crippen molar-refractivity contribution in [1.82, 2.24) is 19.0 Å². The molecule has 0 atom stereocenters. The van der Waals surface area contributed by atoms with Crippen LogP contribution in [-0.2, 0) is 16.7 Å². The zero-order chi connectivity index (χ0) is 19.7. The Morgan fingerprint density at radius 1 is 1.04 bits per heavy atom. The van der Waals surface area contributed by atoms with Crippen LogP contribution in [0.2, 0.25) is 0 Å². The zero-order valence-corrected chi connectivity index (χ0v) is 16.5. The Bertz CT molecular complexity index is 1040. The molecule has 2 aromatic heterocycles. The molecule has 10 heteroatoms. The molecule has 1 fully saturated rings. The molecule has 3 aromatic rings. The minimum atomic E-state index is -4.21. The first-order valence-electron chi connectivity index (χ1n) is 8.68. The maximum atomic E-state index is 13.9. The molecule has 1 aliphatic heterocycles. The summed E-state index contributed by atoms with van der Waals surface area (Å²) < 4.78 is 56.0. The van der Waals surface area contributed by atoms with Crippen molar-refractivity contribution in [1.29, 1.82) is 0 Å². The summed E-state index contributed by atoms with van der Waals surface area (Å²) in [4.78, 5) is 1.17. The lowest BCUT2D eigenvalue weighted by Gasteiger charge is -2.33. The van der Waals surface area contributed by atoms with Crippen molar-refractivity contribution in [3.63, 3.8) is 0 Å². The topological polar surface area (TPSA) is 58.4 Å². The summed E-state index contributed by atoms with van der Waals surface area (Å²) >= 11 is 1.61. The molecular weight excluding hydrogens is 406 g/mol. The van der Waals surface area contributed by atoms with Crippen LogP contribution in [-0.4, -0.2) is 53.6 Å². The van der Waals surface area contributed by atoms with E-state index in [-0.39, 0.29) is 13.1 Å². The summed E-state index contributed by atoms with van der Waals surface area (Å²) in [6.45, 7) is 1.74. The van der Waals surface area contributed by atoms with Crippen LogP contribution in [0.3, 0.4) is 0 Å². The summed E-state index contributed by atoms with van der Waals surface area (Å²) in [6.07, 6.45) is 1.88. The number of nitrogens with zero attached hydrogens (tertiary/aromatic N) is 4. The molecule has 0 N–H and O–H groups in total. The van der Waals surface area contributed by atoms with Gasteiger partial charge in [-0.15, -0.1) is 0 Å². The lowest BCUT2D eigenvalue weighted by molar-refractivity contribution is 0.145. The van der Waals surface area contributed by atoms with Gasteiger partial charge in [0.25, 0.3) is 0 Å². The Morgan fingerprint density at radius 3 is 2.39 bits per heavy atom. The molecule has 3 heterocycles. The largest absolute Gasteiger partial charge is 0.282 e. The third-order valence-corrected chi connectivity index (χ3v) is 7.28. The maximum absolute atomic E-state index is 13.9. The van der Waals surface area contributed by atoms with E-state index in [2.05, 4.69) is 5.10 Å². The van der Waals surface area contributed by atoms with E-state index >= 15 is 0 Å². The summed E-state index contributed by atoms with van der Waals surface area (Å²) in [7, 11) is -4.21. The summed E-state index contributed by atoms with van der Waals surface area (Å²) in [5.41, 5.74) is 1.95. The summed E-state index contributed by atoms with van der Waals surface area (Å²) in [5, 5.41) is 8.55. The molecule has 148 valence electrons. The van der Waals surface area contributed by atoms with Gasteiger partial charge >= 0.3 is 0 Å². The minimum absolute atomic E-state index is 0.161. The van der Waals surface area contributed by atoms with E-state index < -0.39 is 26.6 Å². The van der Waals surface area contributed by atoms with Crippen LogP contribution in [0.15, 0.2) is 52.2 Å². The van der Waals surface area contributed by atoms with Crippen molar-refractivity contribution in [2.45, 2.75) is 11.6 Å². The number of halogens is 2. The highest BCUT2D eigenvalue weighted by molar-refractivity contribution is 7.89. The summed E-state index contributed by atoms with van der Waals surface area (Å²) in [5.74, 6) is -2.14. The SMILES string of the molecule is O=S(=O)(c1c(F)cccc1F)N1CCN(Cn2ccc(-c3ccsc3)n2)CC1. The molecule has 0 aliphatic carbocycles. The van der Waals surface area contributed by atoms with Gasteiger partial charge in [-0.25, -0.2) is 17.2 Å². The van der Waals surface area contributed by atoms with Crippen molar-refractivity contribution in [3.8, 4) is 11.3 Å². The number of sulfonamides is 1. The van der Waals surface area contributed by atoms with E-state index in [1.807, 2.05) is 34.0 Å². The molecule has 0 saturated carbocycles. The molecule has 28 heavy (non-hydrogen) atoms. The molecule has 0 amide bonds. The molecule has 1 aromatic carbocycles. The van der Waals surface area contributed by atoms with Gasteiger partial charge in [-0.3, -0.25) is 9.58 Å². The number of hydrogen-bond donors (Lipinski definition) is 0. The van der Waals surface area contributed by atoms with E-state index in [0.29, 0.717) is 19.8 Å². The molecule has 6 nitrogen and oxygen atoms in total. The highest BCUT2D eigenvalue weighted by Gasteiger charge is 2.33. The summed E-state index contributed by atoms with van der Waals surface area (Å²) in [6, 6.07) is 6.99. The first-order chi connectivity index (χ1) is 13.4. The van der Waals surface area contributed by atoms with E-state index in [9.17, 15) is 17.2 Å². The van der Waals surface area contributed by atoms with Crippen molar-refractivity contribution < 1.29 is 17.2 Å². The standard InChI is InChI=1S/C18H18F2N4O2S2/c19-15-2-1-3-16(20)18(15)28(25,26)24-9-7-22(8-10-24)13-23-6-4-17(21-23)14-5-11-27-12-14/h1-6,11-12H,7-10,13H2. The van der Waals surface area contributed by atoms with Gasteiger partial charge in [-0.05, 0) is 29.6 Å². The first kappa shape index (κ1) is 19.2. The fourth-order valence-corrected chi connectivity index (χ4v) is 5.36. The highest BCUT2D eigenvalue weighted by Crippen LogP contribution is 2.24. The molecule has 0 bridgehead atoms. The molecule has 0 radical (unpaired) electrons. The molecule has 4 rings (SSSR count). The Morgan fingerprint density at radius 2 is 1.75 bits per heavy atom. The van der Waals surface area contributed by atoms with Gasteiger partial charge in [-0.1, -0.05) is 6.07 Å². The monoisotopic (exact) mass is 424 g/mol. The second-order valence-electron chi connectivity index (χ2n) is 6.47. The Hall–Kier alpha value is -2.14. The van der Waals surface area contributed by atoms with Gasteiger partial charge < -0.3 is 0 Å². The highest BCUT2D eigenvalue weighted by atomic mass is 32.2. The zero-order valence-electron chi connectivity index (χ0n) is 14.8. The number of rotatable bonds is 5. The molecule has 0 spiro atoms. The van der Waals surface area contributed by atoms with Crippen molar-refractivity contribution in [3.05, 3.63) is 58.9 Å². The van der Waals surface area contributed by atoms with Crippen molar-refractivity contribution in [2.75, 3.05) is 26.2 Å². The lowest BCUT2D eigenvalue weighted by Crippen LogP contribution is -2.49. The maximum Gasteiger partial charge on any atom is 0.249 e. The minimum Gasteiger partial charge on any atom is -0.282 e. The normalized spacial score (nSPS) is 16.5. The predicted molar refractivity (Wildman–Crippen MR) is 102 cm³/mol. The number of benzene rings is 1. The van der Waals surface area contributed by atoms with Gasteiger partial charge in [0.1, 0.15) is 11.6 Å². The van der Waals surface area contributed by atoms with Gasteiger partial charge in [0.2, 0.25) is 10.0 Å². The molecule has 1 saturated heterocycles. The van der Waals surface area contributed by atoms with Crippen molar-refractivity contribution in [2.24, 2.45) is 0 Å². The third-order valence-electron chi connectivity index (χ3n) is 4.65. The van der Waals surface area contributed by atoms with Crippen LogP contribution in [0.5, 0.6) is 0 Å². The molecular formula is C18H18F2N4O2S2. The number of aromatic nitrogens is 2. The number of piperazine rings is 1. The third kappa shape index (κ3) is 3.72. The van der Waals surface area contributed by atoms with Gasteiger partial charge in [0.15, 0.2) is 4.90 Å². The average Bonchev–Trinajstić information content (AvgIpc) is 3.33. The molecule has 0 unspecified atom stereocenters.